The van der Waals surface area contributed by atoms with E-state index in [1.165, 1.54) is 5.54 Å². The maximum absolute atomic E-state index is 13.7. The molecule has 0 saturated heterocycles. The van der Waals surface area contributed by atoms with Gasteiger partial charge in [-0.3, -0.25) is 4.79 Å². The quantitative estimate of drug-likeness (QED) is 0.454. The van der Waals surface area contributed by atoms with E-state index < -0.39 is 5.41 Å². The van der Waals surface area contributed by atoms with Gasteiger partial charge in [-0.25, -0.2) is 0 Å². The Morgan fingerprint density at radius 2 is 1.31 bits per heavy atom. The van der Waals surface area contributed by atoms with Gasteiger partial charge in [-0.05, 0) is 17.5 Å². The number of carbonyl (C=O) groups is 1. The lowest BCUT2D eigenvalue weighted by molar-refractivity contribution is 0.0913. The molecule has 0 radical (unpaired) electrons. The molecule has 3 aromatic carbocycles. The zero-order valence-electron chi connectivity index (χ0n) is 14.1. The van der Waals surface area contributed by atoms with Crippen LogP contribution in [0.3, 0.4) is 0 Å². The third kappa shape index (κ3) is 3.60. The highest BCUT2D eigenvalue weighted by Gasteiger charge is 2.43. The van der Waals surface area contributed by atoms with E-state index in [2.05, 4.69) is 0 Å². The van der Waals surface area contributed by atoms with Gasteiger partial charge < -0.3 is 0 Å². The number of allylic oxidation sites excluding steroid dienone is 1. The highest BCUT2D eigenvalue weighted by Crippen LogP contribution is 2.41. The Balaban J connectivity index is 2.23. The van der Waals surface area contributed by atoms with Gasteiger partial charge in [0, 0.05) is 16.1 Å². The summed E-state index contributed by atoms with van der Waals surface area (Å²) in [5.41, 5.74) is 2.66. The van der Waals surface area contributed by atoms with Crippen molar-refractivity contribution in [3.63, 3.8) is 0 Å². The zero-order valence-corrected chi connectivity index (χ0v) is 15.6. The van der Waals surface area contributed by atoms with Crippen molar-refractivity contribution < 1.29 is 4.79 Å². The Bertz CT molecular complexity index is 889. The molecule has 3 rings (SSSR count). The van der Waals surface area contributed by atoms with E-state index in [-0.39, 0.29) is 5.78 Å². The fourth-order valence-corrected chi connectivity index (χ4v) is 3.65. The average molecular weight is 381 g/mol. The Hall–Kier alpha value is -2.35. The molecule has 130 valence electrons. The van der Waals surface area contributed by atoms with Crippen molar-refractivity contribution in [1.82, 2.24) is 0 Å². The monoisotopic (exact) mass is 380 g/mol. The third-order valence-corrected chi connectivity index (χ3v) is 5.27. The predicted octanol–water partition coefficient (Wildman–Crippen LogP) is 6.37. The largest absolute Gasteiger partial charge is 0.293 e. The first-order chi connectivity index (χ1) is 12.7. The van der Waals surface area contributed by atoms with Gasteiger partial charge in [-0.1, -0.05) is 114 Å². The zero-order chi connectivity index (χ0) is 18.4. The summed E-state index contributed by atoms with van der Waals surface area (Å²) in [4.78, 5) is 13.7. The summed E-state index contributed by atoms with van der Waals surface area (Å²) in [6.45, 7) is 0. The van der Waals surface area contributed by atoms with Gasteiger partial charge in [0.2, 0.25) is 0 Å². The van der Waals surface area contributed by atoms with E-state index in [0.717, 1.165) is 11.1 Å². The molecule has 0 heterocycles. The maximum Gasteiger partial charge on any atom is 0.179 e. The van der Waals surface area contributed by atoms with E-state index >= 15 is 0 Å². The van der Waals surface area contributed by atoms with Crippen LogP contribution in [0.5, 0.6) is 0 Å². The smallest absolute Gasteiger partial charge is 0.179 e. The van der Waals surface area contributed by atoms with Gasteiger partial charge in [0.25, 0.3) is 0 Å². The van der Waals surface area contributed by atoms with Crippen LogP contribution in [0.2, 0.25) is 0 Å². The first-order valence-corrected chi connectivity index (χ1v) is 9.15. The molecule has 0 bridgehead atoms. The number of hydrogen-bond acceptors (Lipinski definition) is 1. The molecule has 0 spiro atoms. The summed E-state index contributed by atoms with van der Waals surface area (Å²) in [6.07, 6.45) is 0.424. The molecule has 0 fully saturated rings. The van der Waals surface area contributed by atoms with E-state index in [9.17, 15) is 4.79 Å². The Morgan fingerprint density at radius 1 is 0.808 bits per heavy atom. The average Bonchev–Trinajstić information content (AvgIpc) is 2.73. The molecule has 0 saturated carbocycles. The van der Waals surface area contributed by atoms with Crippen LogP contribution in [-0.4, -0.2) is 5.78 Å². The van der Waals surface area contributed by atoms with Gasteiger partial charge >= 0.3 is 0 Å². The lowest BCUT2D eigenvalue weighted by Gasteiger charge is -2.33. The fourth-order valence-electron chi connectivity index (χ4n) is 3.20. The van der Waals surface area contributed by atoms with Crippen molar-refractivity contribution in [2.24, 2.45) is 0 Å². The van der Waals surface area contributed by atoms with Crippen molar-refractivity contribution >= 4 is 29.0 Å². The van der Waals surface area contributed by atoms with Crippen molar-refractivity contribution in [3.8, 4) is 0 Å². The van der Waals surface area contributed by atoms with Gasteiger partial charge in [-0.2, -0.15) is 0 Å². The van der Waals surface area contributed by atoms with Crippen LogP contribution in [0.1, 0.15) is 21.5 Å². The lowest BCUT2D eigenvalue weighted by Crippen LogP contribution is -2.39. The molecule has 0 aliphatic rings. The Labute approximate surface area is 163 Å². The van der Waals surface area contributed by atoms with E-state index in [0.29, 0.717) is 17.0 Å². The highest BCUT2D eigenvalue weighted by molar-refractivity contribution is 6.39. The second kappa shape index (κ2) is 8.35. The number of benzene rings is 3. The Morgan fingerprint density at radius 3 is 1.85 bits per heavy atom. The van der Waals surface area contributed by atoms with Crippen LogP contribution in [0.4, 0.5) is 0 Å². The minimum absolute atomic E-state index is 0.0740. The number of Topliss-reactive ketones (excluding diaryl/α,β-unsaturated/α-hetero) is 1. The number of ketones is 1. The number of rotatable bonds is 6. The number of halogens is 2. The molecule has 1 nitrogen and oxygen atoms in total. The minimum Gasteiger partial charge on any atom is -0.293 e. The van der Waals surface area contributed by atoms with Crippen LogP contribution in [0.15, 0.2) is 102 Å². The van der Waals surface area contributed by atoms with E-state index in [1.807, 2.05) is 91.0 Å². The molecule has 1 unspecified atom stereocenters. The minimum atomic E-state index is -1.08. The SMILES string of the molecule is O=C(c1ccccc1)C(Cc1ccccc1)(/C(Cl)=C/Cl)c1ccccc1. The molecule has 0 N–H and O–H groups in total. The molecule has 0 aliphatic carbocycles. The predicted molar refractivity (Wildman–Crippen MR) is 109 cm³/mol. The maximum atomic E-state index is 13.7. The molecule has 3 aromatic rings. The molecule has 0 amide bonds. The first kappa shape index (κ1) is 18.4. The topological polar surface area (TPSA) is 17.1 Å². The van der Waals surface area contributed by atoms with Crippen LogP contribution in [-0.2, 0) is 11.8 Å². The molecule has 3 heteroatoms. The van der Waals surface area contributed by atoms with Crippen LogP contribution in [0, 0.1) is 0 Å². The third-order valence-electron chi connectivity index (χ3n) is 4.51. The van der Waals surface area contributed by atoms with Crippen molar-refractivity contribution in [1.29, 1.82) is 0 Å². The summed E-state index contributed by atoms with van der Waals surface area (Å²) >= 11 is 12.7. The fraction of sp³-hybridized carbons (Fsp3) is 0.0870. The highest BCUT2D eigenvalue weighted by atomic mass is 35.5. The Kier molecular flexibility index (Phi) is 5.92. The molecular weight excluding hydrogens is 363 g/mol. The molecular formula is C23H18Cl2O. The molecule has 1 atom stereocenters. The normalized spacial score (nSPS) is 13.8. The molecule has 0 aliphatic heterocycles. The summed E-state index contributed by atoms with van der Waals surface area (Å²) in [5, 5.41) is 0.308. The first-order valence-electron chi connectivity index (χ1n) is 8.34. The van der Waals surface area contributed by atoms with Gasteiger partial charge in [0.15, 0.2) is 5.78 Å². The lowest BCUT2D eigenvalue weighted by atomic mass is 9.70. The molecule has 0 aromatic heterocycles. The van der Waals surface area contributed by atoms with Gasteiger partial charge in [-0.15, -0.1) is 0 Å². The van der Waals surface area contributed by atoms with Crippen molar-refractivity contribution in [2.45, 2.75) is 11.8 Å². The van der Waals surface area contributed by atoms with Crippen LogP contribution < -0.4 is 0 Å². The van der Waals surface area contributed by atoms with Crippen molar-refractivity contribution in [2.75, 3.05) is 0 Å². The van der Waals surface area contributed by atoms with E-state index in [1.54, 1.807) is 0 Å². The second-order valence-corrected chi connectivity index (χ2v) is 6.71. The number of carbonyl (C=O) groups excluding carboxylic acids is 1. The van der Waals surface area contributed by atoms with Gasteiger partial charge in [0.05, 0.1) is 5.41 Å². The van der Waals surface area contributed by atoms with Crippen molar-refractivity contribution in [3.05, 3.63) is 118 Å². The summed E-state index contributed by atoms with van der Waals surface area (Å²) in [7, 11) is 0. The van der Waals surface area contributed by atoms with Crippen LogP contribution >= 0.6 is 23.2 Å². The summed E-state index contributed by atoms with van der Waals surface area (Å²) in [5.74, 6) is -0.0740. The summed E-state index contributed by atoms with van der Waals surface area (Å²) < 4.78 is 0. The second-order valence-electron chi connectivity index (χ2n) is 6.09. The standard InChI is InChI=1S/C23H18Cl2O/c24-17-21(25)23(20-14-8-3-9-15-20,16-18-10-4-1-5-11-18)22(26)19-12-6-2-7-13-19/h1-15,17H,16H2/b21-17-. The van der Waals surface area contributed by atoms with Gasteiger partial charge in [0.1, 0.15) is 0 Å². The summed E-state index contributed by atoms with van der Waals surface area (Å²) in [6, 6.07) is 28.6. The van der Waals surface area contributed by atoms with E-state index in [4.69, 9.17) is 23.2 Å². The number of hydrogen-bond donors (Lipinski definition) is 0. The van der Waals surface area contributed by atoms with Crippen LogP contribution in [0.25, 0.3) is 0 Å². The molecule has 26 heavy (non-hydrogen) atoms.